The van der Waals surface area contributed by atoms with Crippen LogP contribution in [0.5, 0.6) is 0 Å². The van der Waals surface area contributed by atoms with Crippen LogP contribution >= 0.6 is 0 Å². The molecule has 20 heavy (non-hydrogen) atoms. The molecular formula is C12H14FN3O4. The van der Waals surface area contributed by atoms with Crippen molar-refractivity contribution in [2.75, 3.05) is 37.7 Å². The third-order valence-corrected chi connectivity index (χ3v) is 3.24. The Bertz CT molecular complexity index is 529. The number of hydrogen-bond donors (Lipinski definition) is 1. The Balaban J connectivity index is 2.16. The average molecular weight is 283 g/mol. The fourth-order valence-corrected chi connectivity index (χ4v) is 2.20. The van der Waals surface area contributed by atoms with Crippen molar-refractivity contribution in [1.82, 2.24) is 4.90 Å². The van der Waals surface area contributed by atoms with E-state index in [1.165, 1.54) is 4.90 Å². The van der Waals surface area contributed by atoms with Gasteiger partial charge in [-0.1, -0.05) is 0 Å². The Morgan fingerprint density at radius 2 is 2.00 bits per heavy atom. The first kappa shape index (κ1) is 14.2. The van der Waals surface area contributed by atoms with Crippen molar-refractivity contribution in [3.63, 3.8) is 0 Å². The molecule has 0 aromatic heterocycles. The second-order valence-corrected chi connectivity index (χ2v) is 4.42. The highest BCUT2D eigenvalue weighted by molar-refractivity contribution is 5.77. The molecule has 1 amide bonds. The molecule has 0 spiro atoms. The number of rotatable bonds is 3. The molecule has 0 bridgehead atoms. The Kier molecular flexibility index (Phi) is 4.14. The highest BCUT2D eigenvalue weighted by Crippen LogP contribution is 2.29. The van der Waals surface area contributed by atoms with Gasteiger partial charge >= 0.3 is 0 Å². The van der Waals surface area contributed by atoms with E-state index in [-0.39, 0.29) is 17.3 Å². The molecule has 1 N–H and O–H groups in total. The van der Waals surface area contributed by atoms with Gasteiger partial charge in [0, 0.05) is 38.3 Å². The summed E-state index contributed by atoms with van der Waals surface area (Å²) in [6.45, 7) is 0.840. The van der Waals surface area contributed by atoms with Crippen LogP contribution in [-0.4, -0.2) is 53.6 Å². The van der Waals surface area contributed by atoms with Crippen LogP contribution < -0.4 is 4.90 Å². The quantitative estimate of drug-likeness (QED) is 0.640. The lowest BCUT2D eigenvalue weighted by Crippen LogP contribution is -2.49. The van der Waals surface area contributed by atoms with Crippen molar-refractivity contribution in [3.8, 4) is 0 Å². The van der Waals surface area contributed by atoms with Gasteiger partial charge < -0.3 is 14.9 Å². The Morgan fingerprint density at radius 3 is 2.55 bits per heavy atom. The van der Waals surface area contributed by atoms with Gasteiger partial charge in [0.2, 0.25) is 5.91 Å². The lowest BCUT2D eigenvalue weighted by molar-refractivity contribution is -0.384. The SMILES string of the molecule is O=C(CO)N1CCN(c2cc(F)ccc2[N+](=O)[O-])CC1. The molecule has 0 saturated carbocycles. The summed E-state index contributed by atoms with van der Waals surface area (Å²) in [5.74, 6) is -0.919. The van der Waals surface area contributed by atoms with Gasteiger partial charge in [0.05, 0.1) is 4.92 Å². The molecule has 1 aromatic carbocycles. The molecule has 1 aromatic rings. The number of piperazine rings is 1. The number of amides is 1. The van der Waals surface area contributed by atoms with Crippen LogP contribution in [0.2, 0.25) is 0 Å². The van der Waals surface area contributed by atoms with E-state index >= 15 is 0 Å². The predicted octanol–water partition coefficient (Wildman–Crippen LogP) is 0.375. The Labute approximate surface area is 114 Å². The van der Waals surface area contributed by atoms with Crippen LogP contribution in [0.4, 0.5) is 15.8 Å². The molecular weight excluding hydrogens is 269 g/mol. The van der Waals surface area contributed by atoms with Gasteiger partial charge in [0.1, 0.15) is 18.1 Å². The van der Waals surface area contributed by atoms with Gasteiger partial charge in [0.15, 0.2) is 0 Å². The van der Waals surface area contributed by atoms with E-state index in [9.17, 15) is 19.3 Å². The summed E-state index contributed by atoms with van der Waals surface area (Å²) in [5, 5.41) is 19.7. The standard InChI is InChI=1S/C12H14FN3O4/c13-9-1-2-10(16(19)20)11(7-9)14-3-5-15(6-4-14)12(18)8-17/h1-2,7,17H,3-6,8H2. The fraction of sp³-hybridized carbons (Fsp3) is 0.417. The third kappa shape index (κ3) is 2.85. The number of carbonyl (C=O) groups is 1. The third-order valence-electron chi connectivity index (χ3n) is 3.24. The first-order chi connectivity index (χ1) is 9.52. The van der Waals surface area contributed by atoms with Crippen LogP contribution in [0.3, 0.4) is 0 Å². The smallest absolute Gasteiger partial charge is 0.292 e. The molecule has 1 aliphatic rings. The molecule has 1 heterocycles. The average Bonchev–Trinajstić information content (AvgIpc) is 2.46. The lowest BCUT2D eigenvalue weighted by atomic mass is 10.2. The molecule has 0 aliphatic carbocycles. The molecule has 1 fully saturated rings. The van der Waals surface area contributed by atoms with E-state index in [1.807, 2.05) is 0 Å². The number of nitro benzene ring substituents is 1. The number of benzene rings is 1. The van der Waals surface area contributed by atoms with Gasteiger partial charge in [0.25, 0.3) is 5.69 Å². The zero-order chi connectivity index (χ0) is 14.7. The fourth-order valence-electron chi connectivity index (χ4n) is 2.20. The second-order valence-electron chi connectivity index (χ2n) is 4.42. The minimum atomic E-state index is -0.556. The number of hydrogen-bond acceptors (Lipinski definition) is 5. The lowest BCUT2D eigenvalue weighted by Gasteiger charge is -2.35. The van der Waals surface area contributed by atoms with Gasteiger partial charge in [-0.3, -0.25) is 14.9 Å². The summed E-state index contributed by atoms with van der Waals surface area (Å²) < 4.78 is 13.3. The number of nitrogens with zero attached hydrogens (tertiary/aromatic N) is 3. The van der Waals surface area contributed by atoms with E-state index in [1.54, 1.807) is 4.90 Å². The number of anilines is 1. The number of carbonyl (C=O) groups excluding carboxylic acids is 1. The molecule has 1 aliphatic heterocycles. The minimum Gasteiger partial charge on any atom is -0.387 e. The maximum Gasteiger partial charge on any atom is 0.292 e. The topological polar surface area (TPSA) is 86.9 Å². The van der Waals surface area contributed by atoms with E-state index in [4.69, 9.17) is 5.11 Å². The number of aliphatic hydroxyl groups excluding tert-OH is 1. The van der Waals surface area contributed by atoms with Crippen LogP contribution in [0, 0.1) is 15.9 Å². The van der Waals surface area contributed by atoms with Crippen molar-refractivity contribution >= 4 is 17.3 Å². The summed E-state index contributed by atoms with van der Waals surface area (Å²) >= 11 is 0. The molecule has 0 unspecified atom stereocenters. The summed E-state index contributed by atoms with van der Waals surface area (Å²) in [5.41, 5.74) is 0.0550. The summed E-state index contributed by atoms with van der Waals surface area (Å²) in [6, 6.07) is 3.31. The van der Waals surface area contributed by atoms with Gasteiger partial charge in [-0.2, -0.15) is 0 Å². The largest absolute Gasteiger partial charge is 0.387 e. The van der Waals surface area contributed by atoms with E-state index in [2.05, 4.69) is 0 Å². The number of aliphatic hydroxyl groups is 1. The van der Waals surface area contributed by atoms with Crippen molar-refractivity contribution in [3.05, 3.63) is 34.1 Å². The molecule has 0 atom stereocenters. The zero-order valence-corrected chi connectivity index (χ0v) is 10.7. The summed E-state index contributed by atoms with van der Waals surface area (Å²) in [6.07, 6.45) is 0. The molecule has 2 rings (SSSR count). The van der Waals surface area contributed by atoms with E-state index < -0.39 is 17.3 Å². The predicted molar refractivity (Wildman–Crippen MR) is 68.9 cm³/mol. The van der Waals surface area contributed by atoms with Crippen molar-refractivity contribution in [2.24, 2.45) is 0 Å². The molecule has 0 radical (unpaired) electrons. The van der Waals surface area contributed by atoms with Crippen molar-refractivity contribution < 1.29 is 19.2 Å². The van der Waals surface area contributed by atoms with Crippen LogP contribution in [0.15, 0.2) is 18.2 Å². The second kappa shape index (κ2) is 5.83. The summed E-state index contributed by atoms with van der Waals surface area (Å²) in [7, 11) is 0. The highest BCUT2D eigenvalue weighted by Gasteiger charge is 2.25. The summed E-state index contributed by atoms with van der Waals surface area (Å²) in [4.78, 5) is 24.9. The molecule has 108 valence electrons. The van der Waals surface area contributed by atoms with Gasteiger partial charge in [-0.05, 0) is 6.07 Å². The van der Waals surface area contributed by atoms with E-state index in [0.717, 1.165) is 18.2 Å². The van der Waals surface area contributed by atoms with E-state index in [0.29, 0.717) is 26.2 Å². The Hall–Kier alpha value is -2.22. The Morgan fingerprint density at radius 1 is 1.35 bits per heavy atom. The van der Waals surface area contributed by atoms with Crippen LogP contribution in [-0.2, 0) is 4.79 Å². The monoisotopic (exact) mass is 283 g/mol. The number of halogens is 1. The molecule has 1 saturated heterocycles. The van der Waals surface area contributed by atoms with Crippen molar-refractivity contribution in [1.29, 1.82) is 0 Å². The number of nitro groups is 1. The highest BCUT2D eigenvalue weighted by atomic mass is 19.1. The van der Waals surface area contributed by atoms with Crippen LogP contribution in [0.1, 0.15) is 0 Å². The zero-order valence-electron chi connectivity index (χ0n) is 10.7. The van der Waals surface area contributed by atoms with Crippen molar-refractivity contribution in [2.45, 2.75) is 0 Å². The molecule has 8 heteroatoms. The van der Waals surface area contributed by atoms with Crippen LogP contribution in [0.25, 0.3) is 0 Å². The maximum atomic E-state index is 13.3. The minimum absolute atomic E-state index is 0.159. The first-order valence-electron chi connectivity index (χ1n) is 6.10. The first-order valence-corrected chi connectivity index (χ1v) is 6.10. The normalized spacial score (nSPS) is 15.3. The molecule has 7 nitrogen and oxygen atoms in total. The van der Waals surface area contributed by atoms with Gasteiger partial charge in [-0.25, -0.2) is 4.39 Å². The van der Waals surface area contributed by atoms with Gasteiger partial charge in [-0.15, -0.1) is 0 Å². The maximum absolute atomic E-state index is 13.3.